The Labute approximate surface area is 158 Å². The van der Waals surface area contributed by atoms with E-state index in [0.717, 1.165) is 30.5 Å². The van der Waals surface area contributed by atoms with Crippen molar-refractivity contribution in [3.05, 3.63) is 35.1 Å². The van der Waals surface area contributed by atoms with Crippen LogP contribution in [0, 0.1) is 16.5 Å². The van der Waals surface area contributed by atoms with Gasteiger partial charge in [0.1, 0.15) is 0 Å². The molecule has 1 amide bonds. The minimum Gasteiger partial charge on any atom is -0.631 e. The standard InChI is InChI=1S/C21H24N2O4/c1-26-17-10-14-13-5-9-23(25)8-3-6-20-7-4-15(13)21(20,23)22(19(24)12-20)16(14)11-18(17)27-2/h3,6,10-11,13,15H,4-5,7-9,12H2,1-2H3/t13-,15+,20-,21+,23?/m0/s1. The van der Waals surface area contributed by atoms with Crippen molar-refractivity contribution in [3.63, 3.8) is 0 Å². The van der Waals surface area contributed by atoms with Crippen LogP contribution in [0.2, 0.25) is 0 Å². The lowest BCUT2D eigenvalue weighted by Gasteiger charge is -2.69. The highest BCUT2D eigenvalue weighted by molar-refractivity contribution is 6.01. The van der Waals surface area contributed by atoms with Crippen molar-refractivity contribution in [2.24, 2.45) is 11.3 Å². The van der Waals surface area contributed by atoms with E-state index < -0.39 is 5.66 Å². The predicted octanol–water partition coefficient (Wildman–Crippen LogP) is 2.92. The van der Waals surface area contributed by atoms with Crippen molar-refractivity contribution >= 4 is 11.6 Å². The molecular formula is C21H24N2O4. The maximum Gasteiger partial charge on any atom is 0.233 e. The molecule has 1 saturated carbocycles. The third-order valence-corrected chi connectivity index (χ3v) is 8.13. The number of fused-ring (bicyclic) bond motifs is 3. The summed E-state index contributed by atoms with van der Waals surface area (Å²) >= 11 is 0. The summed E-state index contributed by atoms with van der Waals surface area (Å²) in [4.78, 5) is 15.3. The lowest BCUT2D eigenvalue weighted by atomic mass is 9.62. The van der Waals surface area contributed by atoms with E-state index in [1.807, 2.05) is 23.1 Å². The molecule has 4 aliphatic heterocycles. The average molecular weight is 368 g/mol. The van der Waals surface area contributed by atoms with Gasteiger partial charge in [-0.3, -0.25) is 9.69 Å². The molecule has 0 radical (unpaired) electrons. The zero-order valence-corrected chi connectivity index (χ0v) is 15.7. The Bertz CT molecular complexity index is 914. The van der Waals surface area contributed by atoms with E-state index in [-0.39, 0.29) is 21.9 Å². The molecule has 2 saturated heterocycles. The van der Waals surface area contributed by atoms with Gasteiger partial charge in [0.25, 0.3) is 0 Å². The van der Waals surface area contributed by atoms with E-state index in [1.54, 1.807) is 14.2 Å². The van der Waals surface area contributed by atoms with Gasteiger partial charge in [0.05, 0.1) is 38.4 Å². The molecule has 27 heavy (non-hydrogen) atoms. The molecule has 1 spiro atoms. The minimum absolute atomic E-state index is 0.0819. The number of amides is 1. The second-order valence-electron chi connectivity index (χ2n) is 8.79. The van der Waals surface area contributed by atoms with Gasteiger partial charge in [-0.1, -0.05) is 6.08 Å². The van der Waals surface area contributed by atoms with Crippen LogP contribution in [-0.4, -0.2) is 43.5 Å². The first-order valence-electron chi connectivity index (χ1n) is 9.86. The molecule has 1 unspecified atom stereocenters. The summed E-state index contributed by atoms with van der Waals surface area (Å²) in [5.41, 5.74) is 1.03. The number of carbonyl (C=O) groups is 1. The van der Waals surface area contributed by atoms with E-state index >= 15 is 0 Å². The molecule has 6 nitrogen and oxygen atoms in total. The number of nitrogens with zero attached hydrogens (tertiary/aromatic N) is 2. The van der Waals surface area contributed by atoms with E-state index in [0.29, 0.717) is 36.9 Å². The van der Waals surface area contributed by atoms with Crippen molar-refractivity contribution in [1.29, 1.82) is 0 Å². The summed E-state index contributed by atoms with van der Waals surface area (Å²) < 4.78 is 10.8. The zero-order chi connectivity index (χ0) is 18.6. The Morgan fingerprint density at radius 3 is 2.78 bits per heavy atom. The van der Waals surface area contributed by atoms with Crippen LogP contribution in [0.15, 0.2) is 24.3 Å². The number of hydrogen-bond acceptors (Lipinski definition) is 4. The van der Waals surface area contributed by atoms with Gasteiger partial charge in [0, 0.05) is 30.7 Å². The molecule has 1 aromatic carbocycles. The van der Waals surface area contributed by atoms with E-state index in [9.17, 15) is 10.0 Å². The summed E-state index contributed by atoms with van der Waals surface area (Å²) in [5, 5.41) is 14.2. The summed E-state index contributed by atoms with van der Waals surface area (Å²) in [5.74, 6) is 1.91. The van der Waals surface area contributed by atoms with E-state index in [2.05, 4.69) is 6.08 Å². The summed E-state index contributed by atoms with van der Waals surface area (Å²) in [6.07, 6.45) is 7.51. The minimum atomic E-state index is -0.672. The Hall–Kier alpha value is -2.05. The van der Waals surface area contributed by atoms with Crippen LogP contribution in [0.25, 0.3) is 0 Å². The number of ether oxygens (including phenoxy) is 2. The lowest BCUT2D eigenvalue weighted by molar-refractivity contribution is -0.944. The Morgan fingerprint density at radius 2 is 2.00 bits per heavy atom. The van der Waals surface area contributed by atoms with E-state index in [1.165, 1.54) is 0 Å². The summed E-state index contributed by atoms with van der Waals surface area (Å²) in [7, 11) is 3.25. The van der Waals surface area contributed by atoms with Crippen LogP contribution < -0.4 is 14.4 Å². The molecule has 5 atom stereocenters. The Balaban J connectivity index is 1.70. The number of carbonyl (C=O) groups excluding carboxylic acids is 1. The Morgan fingerprint density at radius 1 is 1.22 bits per heavy atom. The molecule has 6 rings (SSSR count). The first-order valence-corrected chi connectivity index (χ1v) is 9.86. The van der Waals surface area contributed by atoms with Gasteiger partial charge in [0.15, 0.2) is 17.2 Å². The van der Waals surface area contributed by atoms with Crippen molar-refractivity contribution in [1.82, 2.24) is 0 Å². The molecule has 1 aromatic rings. The molecule has 4 heterocycles. The normalized spacial score (nSPS) is 42.8. The molecule has 2 bridgehead atoms. The summed E-state index contributed by atoms with van der Waals surface area (Å²) in [6.45, 7) is 1.04. The number of anilines is 1. The van der Waals surface area contributed by atoms with Gasteiger partial charge in [-0.05, 0) is 30.5 Å². The Kier molecular flexibility index (Phi) is 2.76. The maximum absolute atomic E-state index is 14.2. The van der Waals surface area contributed by atoms with Crippen molar-refractivity contribution < 1.29 is 18.9 Å². The van der Waals surface area contributed by atoms with Crippen molar-refractivity contribution in [3.8, 4) is 11.5 Å². The fourth-order valence-electron chi connectivity index (χ4n) is 7.41. The lowest BCUT2D eigenvalue weighted by Crippen LogP contribution is -2.79. The number of quaternary nitrogens is 1. The maximum atomic E-state index is 14.2. The monoisotopic (exact) mass is 368 g/mol. The smallest absolute Gasteiger partial charge is 0.233 e. The number of hydroxylamine groups is 3. The predicted molar refractivity (Wildman–Crippen MR) is 99.4 cm³/mol. The topological polar surface area (TPSA) is 61.8 Å². The highest BCUT2D eigenvalue weighted by atomic mass is 16.6. The van der Waals surface area contributed by atoms with Crippen LogP contribution in [0.5, 0.6) is 11.5 Å². The zero-order valence-electron chi connectivity index (χ0n) is 15.7. The molecule has 142 valence electrons. The van der Waals surface area contributed by atoms with Crippen LogP contribution in [0.4, 0.5) is 5.69 Å². The first kappa shape index (κ1) is 16.0. The number of piperidine rings is 1. The second-order valence-corrected chi connectivity index (χ2v) is 8.79. The van der Waals surface area contributed by atoms with Gasteiger partial charge >= 0.3 is 0 Å². The molecule has 0 N–H and O–H groups in total. The van der Waals surface area contributed by atoms with Gasteiger partial charge in [0.2, 0.25) is 5.91 Å². The molecule has 0 aromatic heterocycles. The van der Waals surface area contributed by atoms with Crippen molar-refractivity contribution in [2.75, 3.05) is 32.2 Å². The fraction of sp³-hybridized carbons (Fsp3) is 0.571. The molecule has 3 fully saturated rings. The quantitative estimate of drug-likeness (QED) is 0.457. The molecule has 5 aliphatic rings. The van der Waals surface area contributed by atoms with Gasteiger partial charge in [-0.25, -0.2) is 0 Å². The van der Waals surface area contributed by atoms with Crippen LogP contribution in [0.1, 0.15) is 37.2 Å². The van der Waals surface area contributed by atoms with Gasteiger partial charge in [-0.2, -0.15) is 0 Å². The van der Waals surface area contributed by atoms with Gasteiger partial charge < -0.3 is 19.3 Å². The largest absolute Gasteiger partial charge is 0.631 e. The molecular weight excluding hydrogens is 344 g/mol. The third kappa shape index (κ3) is 1.46. The third-order valence-electron chi connectivity index (χ3n) is 8.13. The first-order chi connectivity index (χ1) is 13.0. The number of methoxy groups -OCH3 is 2. The number of hydrogen-bond donors (Lipinski definition) is 0. The summed E-state index contributed by atoms with van der Waals surface area (Å²) in [6, 6.07) is 3.97. The second kappa shape index (κ2) is 4.67. The molecule has 1 aliphatic carbocycles. The average Bonchev–Trinajstić information content (AvgIpc) is 3.13. The highest BCUT2D eigenvalue weighted by Crippen LogP contribution is 2.73. The fourth-order valence-corrected chi connectivity index (χ4v) is 7.41. The van der Waals surface area contributed by atoms with Gasteiger partial charge in [-0.15, -0.1) is 0 Å². The van der Waals surface area contributed by atoms with Crippen LogP contribution >= 0.6 is 0 Å². The number of benzene rings is 1. The van der Waals surface area contributed by atoms with E-state index in [4.69, 9.17) is 9.47 Å². The molecule has 6 heteroatoms. The van der Waals surface area contributed by atoms with Crippen molar-refractivity contribution in [2.45, 2.75) is 37.3 Å². The highest BCUT2D eigenvalue weighted by Gasteiger charge is 2.80. The SMILES string of the molecule is COc1cc2c(cc1OC)N1C(=O)C[C@]34C=CC[N+]5([O-])CC[C@@H]2[C@@H](CC3)[C@]145. The number of rotatable bonds is 2. The van der Waals surface area contributed by atoms with Crippen LogP contribution in [0.3, 0.4) is 0 Å². The van der Waals surface area contributed by atoms with Crippen LogP contribution in [-0.2, 0) is 4.79 Å².